The summed E-state index contributed by atoms with van der Waals surface area (Å²) in [5.41, 5.74) is 1.99. The number of nitrogens with one attached hydrogen (secondary N) is 1. The first-order valence-corrected chi connectivity index (χ1v) is 8.11. The van der Waals surface area contributed by atoms with Gasteiger partial charge in [0.2, 0.25) is 5.05 Å². The number of benzene rings is 1. The van der Waals surface area contributed by atoms with Gasteiger partial charge < -0.3 is 10.1 Å². The molecular formula is C16H18Cl2N2OS. The standard InChI is InChI=1S/C16H18Cl2N2OS/c1-3-4-7-21-16(22)13(9-19)11(2)20-10-12-5-6-14(17)15(18)8-12/h5-6,8,20H,3-4,7,10H2,1-2H3. The van der Waals surface area contributed by atoms with E-state index in [2.05, 4.69) is 18.3 Å². The summed E-state index contributed by atoms with van der Waals surface area (Å²) >= 11 is 17.0. The molecule has 0 saturated heterocycles. The maximum atomic E-state index is 9.25. The smallest absolute Gasteiger partial charge is 0.203 e. The Morgan fingerprint density at radius 3 is 2.68 bits per heavy atom. The molecule has 0 aliphatic heterocycles. The molecule has 0 aromatic heterocycles. The van der Waals surface area contributed by atoms with E-state index in [1.807, 2.05) is 6.07 Å². The van der Waals surface area contributed by atoms with Crippen molar-refractivity contribution in [3.8, 4) is 6.07 Å². The third-order valence-corrected chi connectivity index (χ3v) is 4.02. The number of unbranched alkanes of at least 4 members (excludes halogenated alkanes) is 1. The summed E-state index contributed by atoms with van der Waals surface area (Å²) in [7, 11) is 0. The van der Waals surface area contributed by atoms with E-state index in [1.165, 1.54) is 0 Å². The van der Waals surface area contributed by atoms with E-state index in [0.29, 0.717) is 34.5 Å². The van der Waals surface area contributed by atoms with Crippen molar-refractivity contribution in [2.24, 2.45) is 0 Å². The highest BCUT2D eigenvalue weighted by Gasteiger charge is 2.10. The lowest BCUT2D eigenvalue weighted by atomic mass is 10.2. The summed E-state index contributed by atoms with van der Waals surface area (Å²) in [4.78, 5) is 0. The molecule has 0 atom stereocenters. The fraction of sp³-hybridized carbons (Fsp3) is 0.375. The van der Waals surface area contributed by atoms with E-state index in [-0.39, 0.29) is 5.05 Å². The van der Waals surface area contributed by atoms with Crippen LogP contribution in [0.4, 0.5) is 0 Å². The second-order valence-electron chi connectivity index (χ2n) is 4.70. The van der Waals surface area contributed by atoms with Gasteiger partial charge in [-0.05, 0) is 43.3 Å². The quantitative estimate of drug-likeness (QED) is 0.322. The van der Waals surface area contributed by atoms with Gasteiger partial charge in [-0.2, -0.15) is 5.26 Å². The molecule has 1 rings (SSSR count). The molecule has 0 aliphatic rings. The number of hydrogen-bond acceptors (Lipinski definition) is 4. The maximum absolute atomic E-state index is 9.25. The lowest BCUT2D eigenvalue weighted by Crippen LogP contribution is -2.17. The summed E-state index contributed by atoms with van der Waals surface area (Å²) in [6.07, 6.45) is 1.93. The van der Waals surface area contributed by atoms with E-state index in [4.69, 9.17) is 40.2 Å². The van der Waals surface area contributed by atoms with Gasteiger partial charge in [-0.1, -0.05) is 42.6 Å². The monoisotopic (exact) mass is 356 g/mol. The van der Waals surface area contributed by atoms with Gasteiger partial charge in [0.05, 0.1) is 16.7 Å². The van der Waals surface area contributed by atoms with Crippen molar-refractivity contribution in [1.82, 2.24) is 5.32 Å². The fourth-order valence-corrected chi connectivity index (χ4v) is 2.24. The zero-order chi connectivity index (χ0) is 16.5. The lowest BCUT2D eigenvalue weighted by Gasteiger charge is -2.11. The van der Waals surface area contributed by atoms with Gasteiger partial charge in [-0.3, -0.25) is 0 Å². The number of nitriles is 1. The van der Waals surface area contributed by atoms with Gasteiger partial charge in [-0.25, -0.2) is 0 Å². The number of ether oxygens (including phenoxy) is 1. The molecule has 0 spiro atoms. The highest BCUT2D eigenvalue weighted by Crippen LogP contribution is 2.22. The number of nitrogens with zero attached hydrogens (tertiary/aromatic N) is 1. The number of allylic oxidation sites excluding steroid dienone is 1. The van der Waals surface area contributed by atoms with Crippen molar-refractivity contribution in [1.29, 1.82) is 5.26 Å². The van der Waals surface area contributed by atoms with Crippen LogP contribution in [-0.2, 0) is 11.3 Å². The number of hydrogen-bond donors (Lipinski definition) is 1. The van der Waals surface area contributed by atoms with Crippen LogP contribution in [0.25, 0.3) is 0 Å². The van der Waals surface area contributed by atoms with Crippen LogP contribution in [0, 0.1) is 11.3 Å². The minimum absolute atomic E-state index is 0.232. The fourth-order valence-electron chi connectivity index (χ4n) is 1.64. The summed E-state index contributed by atoms with van der Waals surface area (Å²) in [5.74, 6) is 0. The van der Waals surface area contributed by atoms with Crippen molar-refractivity contribution in [2.45, 2.75) is 33.2 Å². The maximum Gasteiger partial charge on any atom is 0.203 e. The number of halogens is 2. The average molecular weight is 357 g/mol. The van der Waals surface area contributed by atoms with E-state index in [9.17, 15) is 5.26 Å². The van der Waals surface area contributed by atoms with Crippen molar-refractivity contribution >= 4 is 40.5 Å². The van der Waals surface area contributed by atoms with E-state index < -0.39 is 0 Å². The molecule has 0 saturated carbocycles. The van der Waals surface area contributed by atoms with Crippen LogP contribution in [0.15, 0.2) is 29.5 Å². The molecular weight excluding hydrogens is 339 g/mol. The Kier molecular flexibility index (Phi) is 8.26. The minimum atomic E-state index is 0.232. The Bertz CT molecular complexity index is 609. The molecule has 1 N–H and O–H groups in total. The van der Waals surface area contributed by atoms with Crippen molar-refractivity contribution in [3.63, 3.8) is 0 Å². The molecule has 0 unspecified atom stereocenters. The second-order valence-corrected chi connectivity index (χ2v) is 5.89. The van der Waals surface area contributed by atoms with Gasteiger partial charge in [0.1, 0.15) is 11.6 Å². The van der Waals surface area contributed by atoms with Crippen LogP contribution in [0.3, 0.4) is 0 Å². The van der Waals surface area contributed by atoms with Crippen LogP contribution < -0.4 is 5.32 Å². The van der Waals surface area contributed by atoms with Crippen molar-refractivity contribution < 1.29 is 4.74 Å². The number of thiocarbonyl (C=S) groups is 1. The van der Waals surface area contributed by atoms with Crippen LogP contribution >= 0.6 is 35.4 Å². The normalized spacial score (nSPS) is 11.4. The van der Waals surface area contributed by atoms with Crippen LogP contribution in [0.2, 0.25) is 10.0 Å². The predicted molar refractivity (Wildman–Crippen MR) is 95.1 cm³/mol. The third kappa shape index (κ3) is 5.84. The van der Waals surface area contributed by atoms with E-state index in [0.717, 1.165) is 18.4 Å². The van der Waals surface area contributed by atoms with Gasteiger partial charge in [0, 0.05) is 12.2 Å². The molecule has 22 heavy (non-hydrogen) atoms. The molecule has 118 valence electrons. The SMILES string of the molecule is CCCCOC(=S)C(C#N)=C(C)NCc1ccc(Cl)c(Cl)c1. The lowest BCUT2D eigenvalue weighted by molar-refractivity contribution is 0.305. The molecule has 0 aliphatic carbocycles. The minimum Gasteiger partial charge on any atom is -0.482 e. The van der Waals surface area contributed by atoms with Crippen LogP contribution in [-0.4, -0.2) is 11.7 Å². The Hall–Kier alpha value is -1.28. The Morgan fingerprint density at radius 1 is 1.36 bits per heavy atom. The first kappa shape index (κ1) is 18.8. The summed E-state index contributed by atoms with van der Waals surface area (Å²) in [5, 5.41) is 13.7. The van der Waals surface area contributed by atoms with E-state index in [1.54, 1.807) is 19.1 Å². The molecule has 1 aromatic carbocycles. The summed E-state index contributed by atoms with van der Waals surface area (Å²) < 4.78 is 5.42. The third-order valence-electron chi connectivity index (χ3n) is 2.96. The highest BCUT2D eigenvalue weighted by molar-refractivity contribution is 7.80. The van der Waals surface area contributed by atoms with E-state index >= 15 is 0 Å². The van der Waals surface area contributed by atoms with Crippen LogP contribution in [0.1, 0.15) is 32.3 Å². The Balaban J connectivity index is 2.70. The molecule has 0 bridgehead atoms. The molecule has 0 fully saturated rings. The molecule has 0 amide bonds. The first-order chi connectivity index (χ1) is 10.5. The Labute approximate surface area is 146 Å². The zero-order valence-corrected chi connectivity index (χ0v) is 14.9. The average Bonchev–Trinajstić information content (AvgIpc) is 2.49. The van der Waals surface area contributed by atoms with Gasteiger partial charge >= 0.3 is 0 Å². The summed E-state index contributed by atoms with van der Waals surface area (Å²) in [6, 6.07) is 7.48. The zero-order valence-electron chi connectivity index (χ0n) is 12.6. The summed E-state index contributed by atoms with van der Waals surface area (Å²) in [6.45, 7) is 4.91. The van der Waals surface area contributed by atoms with Crippen molar-refractivity contribution in [3.05, 3.63) is 45.1 Å². The highest BCUT2D eigenvalue weighted by atomic mass is 35.5. The van der Waals surface area contributed by atoms with Crippen molar-refractivity contribution in [2.75, 3.05) is 6.61 Å². The Morgan fingerprint density at radius 2 is 2.09 bits per heavy atom. The second kappa shape index (κ2) is 9.68. The topological polar surface area (TPSA) is 45.0 Å². The predicted octanol–water partition coefficient (Wildman–Crippen LogP) is 5.02. The molecule has 1 aromatic rings. The molecule has 6 heteroatoms. The molecule has 3 nitrogen and oxygen atoms in total. The molecule has 0 radical (unpaired) electrons. The first-order valence-electron chi connectivity index (χ1n) is 6.95. The number of rotatable bonds is 7. The molecule has 0 heterocycles. The van der Waals surface area contributed by atoms with Gasteiger partial charge in [-0.15, -0.1) is 0 Å². The largest absolute Gasteiger partial charge is 0.482 e. The van der Waals surface area contributed by atoms with Gasteiger partial charge in [0.25, 0.3) is 0 Å². The van der Waals surface area contributed by atoms with Gasteiger partial charge in [0.15, 0.2) is 0 Å². The van der Waals surface area contributed by atoms with Crippen LogP contribution in [0.5, 0.6) is 0 Å².